The van der Waals surface area contributed by atoms with E-state index in [1.165, 1.54) is 11.4 Å². The van der Waals surface area contributed by atoms with Crippen molar-refractivity contribution in [3.63, 3.8) is 0 Å². The van der Waals surface area contributed by atoms with Gasteiger partial charge in [0.05, 0.1) is 7.11 Å². The van der Waals surface area contributed by atoms with Crippen LogP contribution in [0.5, 0.6) is 5.75 Å². The summed E-state index contributed by atoms with van der Waals surface area (Å²) < 4.78 is 33.0. The van der Waals surface area contributed by atoms with Gasteiger partial charge in [-0.25, -0.2) is 8.42 Å². The molecule has 1 heterocycles. The van der Waals surface area contributed by atoms with Crippen LogP contribution >= 0.6 is 0 Å². The molecule has 0 aliphatic carbocycles. The molecule has 0 atom stereocenters. The average molecular weight is 368 g/mol. The van der Waals surface area contributed by atoms with Gasteiger partial charge in [0.2, 0.25) is 15.9 Å². The Bertz CT molecular complexity index is 730. The van der Waals surface area contributed by atoms with Crippen LogP contribution in [0.15, 0.2) is 23.1 Å². The summed E-state index contributed by atoms with van der Waals surface area (Å²) >= 11 is 0. The molecule has 0 radical (unpaired) electrons. The van der Waals surface area contributed by atoms with Crippen LogP contribution in [0.4, 0.5) is 0 Å². The molecule has 0 aromatic heterocycles. The number of nitrogens with zero attached hydrogens (tertiary/aromatic N) is 2. The van der Waals surface area contributed by atoms with E-state index in [-0.39, 0.29) is 16.2 Å². The quantitative estimate of drug-likeness (QED) is 0.817. The lowest BCUT2D eigenvalue weighted by molar-refractivity contribution is -0.132. The van der Waals surface area contributed by atoms with E-state index in [9.17, 15) is 13.2 Å². The van der Waals surface area contributed by atoms with Crippen LogP contribution in [-0.4, -0.2) is 56.8 Å². The van der Waals surface area contributed by atoms with Gasteiger partial charge in [-0.15, -0.1) is 0 Å². The van der Waals surface area contributed by atoms with Gasteiger partial charge >= 0.3 is 0 Å². The summed E-state index contributed by atoms with van der Waals surface area (Å²) in [5, 5.41) is 0. The number of carbonyl (C=O) groups is 1. The molecule has 1 aliphatic heterocycles. The van der Waals surface area contributed by atoms with Crippen molar-refractivity contribution in [3.05, 3.63) is 23.8 Å². The molecule has 1 aromatic carbocycles. The first-order chi connectivity index (χ1) is 11.6. The number of rotatable bonds is 4. The van der Waals surface area contributed by atoms with Gasteiger partial charge in [0, 0.05) is 32.6 Å². The molecule has 140 valence electrons. The molecule has 1 saturated heterocycles. The predicted molar refractivity (Wildman–Crippen MR) is 97.3 cm³/mol. The highest BCUT2D eigenvalue weighted by Gasteiger charge is 2.32. The van der Waals surface area contributed by atoms with E-state index in [4.69, 9.17) is 4.74 Å². The smallest absolute Gasteiger partial charge is 0.246 e. The van der Waals surface area contributed by atoms with Crippen molar-refractivity contribution < 1.29 is 17.9 Å². The van der Waals surface area contributed by atoms with E-state index >= 15 is 0 Å². The van der Waals surface area contributed by atoms with Crippen LogP contribution in [0, 0.1) is 0 Å². The minimum absolute atomic E-state index is 0.0596. The number of methoxy groups -OCH3 is 1. The highest BCUT2D eigenvalue weighted by atomic mass is 32.2. The first-order valence-electron chi connectivity index (χ1n) is 8.57. The number of sulfonamides is 1. The van der Waals surface area contributed by atoms with E-state index in [1.54, 1.807) is 17.0 Å². The third-order valence-corrected chi connectivity index (χ3v) is 6.46. The maximum Gasteiger partial charge on any atom is 0.246 e. The lowest BCUT2D eigenvalue weighted by Gasteiger charge is -2.34. The summed E-state index contributed by atoms with van der Waals surface area (Å²) in [4.78, 5) is 13.7. The zero-order chi connectivity index (χ0) is 18.8. The van der Waals surface area contributed by atoms with Crippen molar-refractivity contribution in [2.45, 2.75) is 44.4 Å². The van der Waals surface area contributed by atoms with Crippen molar-refractivity contribution in [2.75, 3.05) is 33.3 Å². The Morgan fingerprint density at radius 3 is 2.24 bits per heavy atom. The molecule has 1 aromatic rings. The number of amides is 1. The highest BCUT2D eigenvalue weighted by Crippen LogP contribution is 2.32. The molecule has 1 fully saturated rings. The molecule has 6 nitrogen and oxygen atoms in total. The fourth-order valence-corrected chi connectivity index (χ4v) is 4.49. The second-order valence-electron chi connectivity index (χ2n) is 7.25. The summed E-state index contributed by atoms with van der Waals surface area (Å²) in [6.07, 6.45) is 0.439. The number of piperazine rings is 1. The molecule has 2 rings (SSSR count). The minimum Gasteiger partial charge on any atom is -0.495 e. The number of hydrogen-bond donors (Lipinski definition) is 0. The summed E-state index contributed by atoms with van der Waals surface area (Å²) in [6.45, 7) is 9.39. The van der Waals surface area contributed by atoms with Gasteiger partial charge in [0.15, 0.2) is 0 Å². The highest BCUT2D eigenvalue weighted by molar-refractivity contribution is 7.89. The second kappa shape index (κ2) is 7.33. The number of ether oxygens (including phenoxy) is 1. The molecule has 0 unspecified atom stereocenters. The Balaban J connectivity index is 2.32. The Labute approximate surface area is 150 Å². The van der Waals surface area contributed by atoms with Crippen molar-refractivity contribution in [1.29, 1.82) is 0 Å². The lowest BCUT2D eigenvalue weighted by Crippen LogP contribution is -2.50. The van der Waals surface area contributed by atoms with Gasteiger partial charge in [-0.2, -0.15) is 4.31 Å². The second-order valence-corrected chi connectivity index (χ2v) is 9.16. The zero-order valence-electron chi connectivity index (χ0n) is 15.7. The SMILES string of the molecule is CCC(=O)N1CCN(S(=O)(=O)c2cc(C(C)(C)C)ccc2OC)CC1. The Morgan fingerprint density at radius 2 is 1.76 bits per heavy atom. The van der Waals surface area contributed by atoms with Gasteiger partial charge in [0.1, 0.15) is 10.6 Å². The summed E-state index contributed by atoms with van der Waals surface area (Å²) in [5.41, 5.74) is 0.773. The monoisotopic (exact) mass is 368 g/mol. The maximum absolute atomic E-state index is 13.1. The largest absolute Gasteiger partial charge is 0.495 e. The third kappa shape index (κ3) is 4.15. The van der Waals surface area contributed by atoms with Gasteiger partial charge in [-0.05, 0) is 23.1 Å². The van der Waals surface area contributed by atoms with Gasteiger partial charge in [-0.3, -0.25) is 4.79 Å². The average Bonchev–Trinajstić information content (AvgIpc) is 2.59. The van der Waals surface area contributed by atoms with Crippen LogP contribution in [0.1, 0.15) is 39.7 Å². The molecular formula is C18H28N2O4S. The maximum atomic E-state index is 13.1. The van der Waals surface area contributed by atoms with E-state index in [2.05, 4.69) is 0 Å². The fourth-order valence-electron chi connectivity index (χ4n) is 2.89. The summed E-state index contributed by atoms with van der Waals surface area (Å²) in [5.74, 6) is 0.407. The molecule has 0 saturated carbocycles. The number of hydrogen-bond acceptors (Lipinski definition) is 4. The molecule has 0 spiro atoms. The zero-order valence-corrected chi connectivity index (χ0v) is 16.5. The van der Waals surface area contributed by atoms with E-state index in [0.717, 1.165) is 5.56 Å². The van der Waals surface area contributed by atoms with Crippen molar-refractivity contribution in [1.82, 2.24) is 9.21 Å². The first-order valence-corrected chi connectivity index (χ1v) is 10.0. The Hall–Kier alpha value is -1.60. The van der Waals surface area contributed by atoms with E-state index < -0.39 is 10.0 Å². The Kier molecular flexibility index (Phi) is 5.79. The molecule has 7 heteroatoms. The van der Waals surface area contributed by atoms with Gasteiger partial charge < -0.3 is 9.64 Å². The van der Waals surface area contributed by atoms with Crippen molar-refractivity contribution >= 4 is 15.9 Å². The van der Waals surface area contributed by atoms with E-state index in [1.807, 2.05) is 33.8 Å². The van der Waals surface area contributed by atoms with Crippen molar-refractivity contribution in [2.24, 2.45) is 0 Å². The van der Waals surface area contributed by atoms with Crippen LogP contribution in [0.25, 0.3) is 0 Å². The van der Waals surface area contributed by atoms with Gasteiger partial charge in [-0.1, -0.05) is 33.8 Å². The van der Waals surface area contributed by atoms with E-state index in [0.29, 0.717) is 38.3 Å². The van der Waals surface area contributed by atoms with Crippen LogP contribution in [0.3, 0.4) is 0 Å². The minimum atomic E-state index is -3.67. The number of carbonyl (C=O) groups excluding carboxylic acids is 1. The number of benzene rings is 1. The fraction of sp³-hybridized carbons (Fsp3) is 0.611. The lowest BCUT2D eigenvalue weighted by atomic mass is 9.87. The molecule has 1 amide bonds. The summed E-state index contributed by atoms with van der Waals surface area (Å²) in [7, 11) is -2.20. The molecule has 25 heavy (non-hydrogen) atoms. The topological polar surface area (TPSA) is 66.9 Å². The van der Waals surface area contributed by atoms with Crippen LogP contribution in [0.2, 0.25) is 0 Å². The van der Waals surface area contributed by atoms with Crippen molar-refractivity contribution in [3.8, 4) is 5.75 Å². The molecule has 0 N–H and O–H groups in total. The molecule has 1 aliphatic rings. The van der Waals surface area contributed by atoms with Crippen LogP contribution in [-0.2, 0) is 20.2 Å². The standard InChI is InChI=1S/C18H28N2O4S/c1-6-17(21)19-9-11-20(12-10-19)25(22,23)16-13-14(18(2,3)4)7-8-15(16)24-5/h7-8,13H,6,9-12H2,1-5H3. The van der Waals surface area contributed by atoms with Crippen LogP contribution < -0.4 is 4.74 Å². The third-order valence-electron chi connectivity index (χ3n) is 4.54. The predicted octanol–water partition coefficient (Wildman–Crippen LogP) is 2.24. The normalized spacial score (nSPS) is 16.8. The van der Waals surface area contributed by atoms with Gasteiger partial charge in [0.25, 0.3) is 0 Å². The molecule has 0 bridgehead atoms. The summed E-state index contributed by atoms with van der Waals surface area (Å²) in [6, 6.07) is 5.32. The first kappa shape index (κ1) is 19.7. The Morgan fingerprint density at radius 1 is 1.16 bits per heavy atom. The molecular weight excluding hydrogens is 340 g/mol.